The van der Waals surface area contributed by atoms with Crippen molar-refractivity contribution in [3.63, 3.8) is 0 Å². The first-order chi connectivity index (χ1) is 13.1. The van der Waals surface area contributed by atoms with Crippen LogP contribution >= 0.6 is 0 Å². The SMILES string of the molecule is Cc1c2ccncc2cc2c3cc(OCC4=NCCN4C)ccc3n(C)c12. The van der Waals surface area contributed by atoms with Gasteiger partial charge in [0.25, 0.3) is 0 Å². The summed E-state index contributed by atoms with van der Waals surface area (Å²) in [5, 5.41) is 4.87. The Balaban J connectivity index is 1.64. The first-order valence-corrected chi connectivity index (χ1v) is 9.26. The molecule has 27 heavy (non-hydrogen) atoms. The molecule has 0 saturated heterocycles. The molecule has 0 radical (unpaired) electrons. The fourth-order valence-corrected chi connectivity index (χ4v) is 4.17. The number of nitrogens with zero attached hydrogens (tertiary/aromatic N) is 4. The number of hydrogen-bond acceptors (Lipinski definition) is 4. The quantitative estimate of drug-likeness (QED) is 0.558. The largest absolute Gasteiger partial charge is 0.486 e. The first-order valence-electron chi connectivity index (χ1n) is 9.26. The third-order valence-corrected chi connectivity index (χ3v) is 5.66. The molecule has 2 aromatic heterocycles. The topological polar surface area (TPSA) is 42.7 Å². The third kappa shape index (κ3) is 2.46. The van der Waals surface area contributed by atoms with E-state index in [0.717, 1.165) is 24.7 Å². The van der Waals surface area contributed by atoms with Crippen molar-refractivity contribution in [2.75, 3.05) is 26.7 Å². The lowest BCUT2D eigenvalue weighted by atomic mass is 10.0. The van der Waals surface area contributed by atoms with E-state index < -0.39 is 0 Å². The predicted molar refractivity (Wildman–Crippen MR) is 111 cm³/mol. The minimum Gasteiger partial charge on any atom is -0.486 e. The number of hydrogen-bond donors (Lipinski definition) is 0. The fraction of sp³-hybridized carbons (Fsp3) is 0.273. The normalized spacial score (nSPS) is 14.5. The van der Waals surface area contributed by atoms with Crippen LogP contribution in [0.3, 0.4) is 0 Å². The van der Waals surface area contributed by atoms with Crippen molar-refractivity contribution in [1.82, 2.24) is 14.5 Å². The Morgan fingerprint density at radius 2 is 1.96 bits per heavy atom. The van der Waals surface area contributed by atoms with Crippen LogP contribution in [-0.4, -0.2) is 47.0 Å². The van der Waals surface area contributed by atoms with Gasteiger partial charge in [-0.1, -0.05) is 0 Å². The van der Waals surface area contributed by atoms with Gasteiger partial charge in [-0.15, -0.1) is 0 Å². The molecule has 4 aromatic rings. The molecular weight excluding hydrogens is 336 g/mol. The predicted octanol–water partition coefficient (Wildman–Crippen LogP) is 3.91. The van der Waals surface area contributed by atoms with E-state index in [-0.39, 0.29) is 0 Å². The number of amidine groups is 1. The number of ether oxygens (including phenoxy) is 1. The molecule has 1 aliphatic rings. The lowest BCUT2D eigenvalue weighted by Crippen LogP contribution is -2.27. The van der Waals surface area contributed by atoms with Crippen molar-refractivity contribution < 1.29 is 4.74 Å². The molecule has 0 N–H and O–H groups in total. The lowest BCUT2D eigenvalue weighted by molar-refractivity contribution is 0.359. The molecule has 0 unspecified atom stereocenters. The number of aromatic nitrogens is 2. The summed E-state index contributed by atoms with van der Waals surface area (Å²) in [5.41, 5.74) is 3.76. The zero-order valence-corrected chi connectivity index (χ0v) is 15.9. The Kier molecular flexibility index (Phi) is 3.57. The minimum atomic E-state index is 0.513. The van der Waals surface area contributed by atoms with Gasteiger partial charge in [-0.25, -0.2) is 0 Å². The van der Waals surface area contributed by atoms with Gasteiger partial charge in [0, 0.05) is 54.7 Å². The van der Waals surface area contributed by atoms with E-state index in [4.69, 9.17) is 4.74 Å². The van der Waals surface area contributed by atoms with Gasteiger partial charge < -0.3 is 14.2 Å². The van der Waals surface area contributed by atoms with Crippen LogP contribution in [0.5, 0.6) is 5.75 Å². The van der Waals surface area contributed by atoms with E-state index in [9.17, 15) is 0 Å². The van der Waals surface area contributed by atoms with Crippen LogP contribution in [-0.2, 0) is 7.05 Å². The number of fused-ring (bicyclic) bond motifs is 4. The number of likely N-dealkylation sites (N-methyl/N-ethyl adjacent to an activating group) is 1. The van der Waals surface area contributed by atoms with Gasteiger partial charge in [-0.2, -0.15) is 0 Å². The van der Waals surface area contributed by atoms with Crippen molar-refractivity contribution in [2.24, 2.45) is 12.0 Å². The Morgan fingerprint density at radius 3 is 2.78 bits per heavy atom. The monoisotopic (exact) mass is 358 g/mol. The van der Waals surface area contributed by atoms with Crippen molar-refractivity contribution in [3.8, 4) is 5.75 Å². The summed E-state index contributed by atoms with van der Waals surface area (Å²) in [6.07, 6.45) is 3.80. The van der Waals surface area contributed by atoms with Gasteiger partial charge in [0.05, 0.1) is 12.1 Å². The van der Waals surface area contributed by atoms with E-state index in [1.807, 2.05) is 18.5 Å². The molecule has 0 amide bonds. The molecule has 0 bridgehead atoms. The van der Waals surface area contributed by atoms with Crippen LogP contribution in [0, 0.1) is 6.92 Å². The van der Waals surface area contributed by atoms with Gasteiger partial charge in [0.15, 0.2) is 0 Å². The molecule has 136 valence electrons. The molecule has 0 aliphatic carbocycles. The summed E-state index contributed by atoms with van der Waals surface area (Å²) in [4.78, 5) is 10.9. The molecule has 2 aromatic carbocycles. The van der Waals surface area contributed by atoms with Gasteiger partial charge in [-0.05, 0) is 48.2 Å². The van der Waals surface area contributed by atoms with Gasteiger partial charge in [-0.3, -0.25) is 9.98 Å². The number of rotatable bonds is 3. The molecule has 0 atom stereocenters. The van der Waals surface area contributed by atoms with E-state index in [1.54, 1.807) is 0 Å². The second-order valence-electron chi connectivity index (χ2n) is 7.24. The van der Waals surface area contributed by atoms with Gasteiger partial charge in [0.2, 0.25) is 0 Å². The van der Waals surface area contributed by atoms with Gasteiger partial charge in [0.1, 0.15) is 18.2 Å². The maximum atomic E-state index is 6.05. The highest BCUT2D eigenvalue weighted by Crippen LogP contribution is 2.36. The van der Waals surface area contributed by atoms with Crippen LogP contribution in [0.4, 0.5) is 0 Å². The average molecular weight is 358 g/mol. The third-order valence-electron chi connectivity index (χ3n) is 5.66. The second kappa shape index (κ2) is 5.98. The van der Waals surface area contributed by atoms with Crippen LogP contribution in [0.25, 0.3) is 32.6 Å². The Labute approximate surface area is 157 Å². The van der Waals surface area contributed by atoms with E-state index in [2.05, 4.69) is 64.7 Å². The zero-order valence-electron chi connectivity index (χ0n) is 15.9. The highest BCUT2D eigenvalue weighted by Gasteiger charge is 2.15. The molecule has 0 spiro atoms. The maximum absolute atomic E-state index is 6.05. The van der Waals surface area contributed by atoms with Crippen molar-refractivity contribution in [1.29, 1.82) is 0 Å². The van der Waals surface area contributed by atoms with E-state index in [1.165, 1.54) is 38.1 Å². The van der Waals surface area contributed by atoms with Crippen LogP contribution in [0.1, 0.15) is 5.56 Å². The summed E-state index contributed by atoms with van der Waals surface area (Å²) in [7, 11) is 4.19. The maximum Gasteiger partial charge on any atom is 0.145 e. The second-order valence-corrected chi connectivity index (χ2v) is 7.24. The number of aliphatic imine (C=N–C) groups is 1. The zero-order chi connectivity index (χ0) is 18.5. The van der Waals surface area contributed by atoms with Crippen molar-refractivity contribution in [2.45, 2.75) is 6.92 Å². The van der Waals surface area contributed by atoms with Crippen LogP contribution in [0.2, 0.25) is 0 Å². The van der Waals surface area contributed by atoms with Crippen molar-refractivity contribution >= 4 is 38.4 Å². The molecular formula is C22H22N4O. The van der Waals surface area contributed by atoms with Crippen LogP contribution in [0.15, 0.2) is 47.7 Å². The summed E-state index contributed by atoms with van der Waals surface area (Å²) in [6, 6.07) is 10.7. The van der Waals surface area contributed by atoms with Gasteiger partial charge >= 0.3 is 0 Å². The molecule has 5 heteroatoms. The fourth-order valence-electron chi connectivity index (χ4n) is 4.17. The average Bonchev–Trinajstić information content (AvgIpc) is 3.21. The highest BCUT2D eigenvalue weighted by molar-refractivity contribution is 6.14. The number of benzene rings is 2. The lowest BCUT2D eigenvalue weighted by Gasteiger charge is -2.14. The number of aryl methyl sites for hydroxylation is 2. The van der Waals surface area contributed by atoms with E-state index >= 15 is 0 Å². The molecule has 1 aliphatic heterocycles. The highest BCUT2D eigenvalue weighted by atomic mass is 16.5. The number of pyridine rings is 1. The summed E-state index contributed by atoms with van der Waals surface area (Å²) in [6.45, 7) is 4.53. The van der Waals surface area contributed by atoms with Crippen LogP contribution < -0.4 is 4.74 Å². The molecule has 5 nitrogen and oxygen atoms in total. The minimum absolute atomic E-state index is 0.513. The van der Waals surface area contributed by atoms with E-state index in [0.29, 0.717) is 6.61 Å². The Hall–Kier alpha value is -3.08. The Bertz CT molecular complexity index is 1220. The Morgan fingerprint density at radius 1 is 1.07 bits per heavy atom. The molecule has 5 rings (SSSR count). The molecule has 3 heterocycles. The smallest absolute Gasteiger partial charge is 0.145 e. The summed E-state index contributed by atoms with van der Waals surface area (Å²) < 4.78 is 8.33. The molecule has 0 saturated carbocycles. The standard InChI is InChI=1S/C22H22N4O/c1-14-17-6-7-23-12-15(17)10-19-18-11-16(4-5-20(18)26(3)22(14)19)27-13-21-24-8-9-25(21)2/h4-7,10-12H,8-9,13H2,1-3H3. The summed E-state index contributed by atoms with van der Waals surface area (Å²) in [5.74, 6) is 1.89. The first kappa shape index (κ1) is 16.1. The van der Waals surface area contributed by atoms with Crippen molar-refractivity contribution in [3.05, 3.63) is 48.3 Å². The summed E-state index contributed by atoms with van der Waals surface area (Å²) >= 11 is 0. The molecule has 0 fully saturated rings.